The van der Waals surface area contributed by atoms with Crippen molar-refractivity contribution in [2.24, 2.45) is 0 Å². The molecule has 0 bridgehead atoms. The Hall–Kier alpha value is -1.41. The van der Waals surface area contributed by atoms with Crippen molar-refractivity contribution in [1.29, 1.82) is 0 Å². The van der Waals surface area contributed by atoms with Crippen LogP contribution in [0.5, 0.6) is 0 Å². The average molecular weight is 813 g/mol. The third-order valence-corrected chi connectivity index (χ3v) is 31.1. The molecule has 0 aliphatic carbocycles. The Bertz CT molecular complexity index is 1020. The second kappa shape index (κ2) is 10.9. The van der Waals surface area contributed by atoms with Crippen LogP contribution in [0.3, 0.4) is 0 Å². The van der Waals surface area contributed by atoms with E-state index in [0.29, 0.717) is 0 Å². The van der Waals surface area contributed by atoms with Crippen LogP contribution in [0.15, 0.2) is 121 Å². The maximum atomic E-state index is 13.2. The van der Waals surface area contributed by atoms with Gasteiger partial charge < -0.3 is 0 Å². The van der Waals surface area contributed by atoms with Crippen molar-refractivity contribution >= 4 is 69.2 Å². The number of hydrogen-bond donors (Lipinski definition) is 0. The fourth-order valence-electron chi connectivity index (χ4n) is 3.38. The van der Waals surface area contributed by atoms with Gasteiger partial charge in [-0.3, -0.25) is 0 Å². The number of rotatable bonds is 8. The van der Waals surface area contributed by atoms with Crippen LogP contribution in [-0.2, 0) is 14.7 Å². The summed E-state index contributed by atoms with van der Waals surface area (Å²) in [5, 5.41) is 0. The van der Waals surface area contributed by atoms with E-state index in [4.69, 9.17) is 4.27 Å². The first-order valence-electron chi connectivity index (χ1n) is 9.94. The van der Waals surface area contributed by atoms with Crippen molar-refractivity contribution in [1.82, 2.24) is 0 Å². The van der Waals surface area contributed by atoms with Gasteiger partial charge in [0.2, 0.25) is 0 Å². The molecule has 0 unspecified atom stereocenters. The van der Waals surface area contributed by atoms with E-state index in [9.17, 15) is 8.42 Å². The van der Waals surface area contributed by atoms with E-state index in [1.165, 1.54) is 0 Å². The zero-order valence-corrected chi connectivity index (χ0v) is 26.5. The van der Waals surface area contributed by atoms with E-state index in [1.807, 2.05) is 121 Å². The summed E-state index contributed by atoms with van der Waals surface area (Å²) in [4.78, 5) is 0. The molecule has 0 aliphatic heterocycles. The minimum absolute atomic E-state index is 0.966. The number of benzene rings is 4. The van der Waals surface area contributed by atoms with Crippen molar-refractivity contribution < 1.29 is 12.7 Å². The molecule has 4 aromatic carbocycles. The number of hydrogen-bond acceptors (Lipinski definition) is 4. The Morgan fingerprint density at radius 2 is 0.645 bits per heavy atom. The molecule has 0 saturated carbocycles. The standard InChI is InChI=1S/4C6H5.H2O4S.2Tl/c4*1-2-4-6-5-3-1;1-5(2,3)4;;/h4*1-5H;(H2,1,2,3,4);;/q;;;;;2*+1/p-2. The predicted molar refractivity (Wildman–Crippen MR) is 127 cm³/mol. The molecule has 0 radical (unpaired) electrons. The molecule has 7 heteroatoms. The second-order valence-corrected chi connectivity index (χ2v) is 29.0. The fraction of sp³-hybridized carbons (Fsp3) is 0. The molecule has 4 aromatic rings. The molecule has 4 rings (SSSR count). The zero-order chi connectivity index (χ0) is 21.5. The second-order valence-electron chi connectivity index (χ2n) is 7.00. The summed E-state index contributed by atoms with van der Waals surface area (Å²) in [6.45, 7) is 0. The van der Waals surface area contributed by atoms with Crippen LogP contribution < -0.4 is 12.5 Å². The first-order chi connectivity index (χ1) is 15.1. The van der Waals surface area contributed by atoms with Gasteiger partial charge >= 0.3 is 203 Å². The molecule has 4 nitrogen and oxygen atoms in total. The van der Waals surface area contributed by atoms with Gasteiger partial charge in [0.25, 0.3) is 0 Å². The topological polar surface area (TPSA) is 52.6 Å². The summed E-state index contributed by atoms with van der Waals surface area (Å²) in [5.41, 5.74) is 0. The molecule has 0 spiro atoms. The van der Waals surface area contributed by atoms with E-state index in [2.05, 4.69) is 0 Å². The van der Waals surface area contributed by atoms with Gasteiger partial charge in [0, 0.05) is 0 Å². The Morgan fingerprint density at radius 3 is 0.871 bits per heavy atom. The van der Waals surface area contributed by atoms with Crippen LogP contribution in [0.2, 0.25) is 0 Å². The van der Waals surface area contributed by atoms with Gasteiger partial charge in [-0.2, -0.15) is 0 Å². The van der Waals surface area contributed by atoms with Gasteiger partial charge in [0.15, 0.2) is 0 Å². The quantitative estimate of drug-likeness (QED) is 0.256. The van der Waals surface area contributed by atoms with Crippen LogP contribution in [-0.4, -0.2) is 54.7 Å². The van der Waals surface area contributed by atoms with Gasteiger partial charge in [-0.25, -0.2) is 0 Å². The molecule has 0 atom stereocenters. The SMILES string of the molecule is O=S(=O)([O][Tl]([c]1ccccc1)[c]1ccccc1)[O][Tl]([c]1ccccc1)[c]1ccccc1. The molecule has 31 heavy (non-hydrogen) atoms. The minimum atomic E-state index is -4.18. The van der Waals surface area contributed by atoms with Crippen LogP contribution in [0.4, 0.5) is 0 Å². The van der Waals surface area contributed by atoms with Gasteiger partial charge in [-0.15, -0.1) is 0 Å². The Morgan fingerprint density at radius 1 is 0.419 bits per heavy atom. The summed E-state index contributed by atoms with van der Waals surface area (Å²) in [6, 6.07) is 38.6. The molecular formula is C24H20O4STl2. The molecule has 152 valence electrons. The van der Waals surface area contributed by atoms with Crippen LogP contribution in [0, 0.1) is 0 Å². The van der Waals surface area contributed by atoms with E-state index in [-0.39, 0.29) is 0 Å². The van der Waals surface area contributed by atoms with Crippen LogP contribution in [0.1, 0.15) is 0 Å². The molecular weight excluding hydrogens is 793 g/mol. The Balaban J connectivity index is 1.67. The van der Waals surface area contributed by atoms with E-state index in [0.717, 1.165) is 12.5 Å². The molecule has 0 N–H and O–H groups in total. The normalized spacial score (nSPS) is 11.1. The van der Waals surface area contributed by atoms with Gasteiger partial charge in [0.1, 0.15) is 0 Å². The van der Waals surface area contributed by atoms with Crippen LogP contribution >= 0.6 is 0 Å². The van der Waals surface area contributed by atoms with E-state index < -0.39 is 56.7 Å². The molecule has 0 saturated heterocycles. The zero-order valence-electron chi connectivity index (χ0n) is 16.7. The maximum absolute atomic E-state index is 13.2. The summed E-state index contributed by atoms with van der Waals surface area (Å²) in [7, 11) is -4.18. The predicted octanol–water partition coefficient (Wildman–Crippen LogP) is 1.88. The van der Waals surface area contributed by atoms with Crippen molar-refractivity contribution in [2.75, 3.05) is 0 Å². The average Bonchev–Trinajstić information content (AvgIpc) is 2.83. The third kappa shape index (κ3) is 6.31. The summed E-state index contributed by atoms with van der Waals surface area (Å²) in [6.07, 6.45) is 0. The summed E-state index contributed by atoms with van der Waals surface area (Å²) < 4.78 is 42.1. The van der Waals surface area contributed by atoms with Gasteiger partial charge in [-0.1, -0.05) is 0 Å². The molecule has 0 aromatic heterocycles. The van der Waals surface area contributed by atoms with Gasteiger partial charge in [0.05, 0.1) is 0 Å². The molecule has 0 aliphatic rings. The van der Waals surface area contributed by atoms with E-state index in [1.54, 1.807) is 0 Å². The third-order valence-electron chi connectivity index (χ3n) is 4.84. The van der Waals surface area contributed by atoms with Crippen molar-refractivity contribution in [3.8, 4) is 0 Å². The first-order valence-corrected chi connectivity index (χ1v) is 23.9. The molecule has 0 amide bonds. The molecule has 0 heterocycles. The Labute approximate surface area is 201 Å². The first kappa shape index (κ1) is 22.8. The van der Waals surface area contributed by atoms with Gasteiger partial charge in [-0.05, 0) is 0 Å². The fourth-order valence-corrected chi connectivity index (χ4v) is 32.1. The van der Waals surface area contributed by atoms with Crippen molar-refractivity contribution in [3.05, 3.63) is 121 Å². The molecule has 0 fully saturated rings. The van der Waals surface area contributed by atoms with Crippen molar-refractivity contribution in [3.63, 3.8) is 0 Å². The summed E-state index contributed by atoms with van der Waals surface area (Å²) >= 11 is -7.06. The van der Waals surface area contributed by atoms with E-state index >= 15 is 0 Å². The Kier molecular flexibility index (Phi) is 8.04. The monoisotopic (exact) mass is 814 g/mol. The van der Waals surface area contributed by atoms with Crippen LogP contribution in [0.25, 0.3) is 0 Å². The summed E-state index contributed by atoms with van der Waals surface area (Å²) in [5.74, 6) is 0. The van der Waals surface area contributed by atoms with Crippen molar-refractivity contribution in [2.45, 2.75) is 0 Å².